The molecule has 3 rings (SSSR count). The Morgan fingerprint density at radius 3 is 2.46 bits per heavy atom. The summed E-state index contributed by atoms with van der Waals surface area (Å²) in [6, 6.07) is 8.68. The number of benzene rings is 1. The number of aryl methyl sites for hydroxylation is 2. The van der Waals surface area contributed by atoms with Crippen molar-refractivity contribution in [1.29, 1.82) is 0 Å². The normalized spacial score (nSPS) is 16.9. The van der Waals surface area contributed by atoms with Crippen molar-refractivity contribution in [2.45, 2.75) is 19.9 Å². The fraction of sp³-hybridized carbons (Fsp3) is 0.389. The number of nitrogens with zero attached hydrogens (tertiary/aromatic N) is 4. The predicted molar refractivity (Wildman–Crippen MR) is 102 cm³/mol. The van der Waals surface area contributed by atoms with Gasteiger partial charge < -0.3 is 4.74 Å². The van der Waals surface area contributed by atoms with Crippen LogP contribution in [0.5, 0.6) is 0 Å². The maximum Gasteiger partial charge on any atom is 0.410 e. The van der Waals surface area contributed by atoms with E-state index in [4.69, 9.17) is 4.74 Å². The molecule has 1 aromatic carbocycles. The first-order valence-corrected chi connectivity index (χ1v) is 10.5. The summed E-state index contributed by atoms with van der Waals surface area (Å²) in [5.74, 6) is -0.749. The molecule has 2 heterocycles. The number of ether oxygens (including phenoxy) is 1. The number of hydrogen-bond acceptors (Lipinski definition) is 6. The zero-order valence-corrected chi connectivity index (χ0v) is 16.9. The van der Waals surface area contributed by atoms with Crippen molar-refractivity contribution in [2.75, 3.05) is 23.7 Å². The van der Waals surface area contributed by atoms with Crippen LogP contribution in [0.3, 0.4) is 0 Å². The van der Waals surface area contributed by atoms with Crippen molar-refractivity contribution >= 4 is 27.7 Å². The molecule has 0 saturated carbocycles. The molecule has 0 radical (unpaired) electrons. The van der Waals surface area contributed by atoms with Gasteiger partial charge in [0.05, 0.1) is 23.7 Å². The summed E-state index contributed by atoms with van der Waals surface area (Å²) in [6.07, 6.45) is 0.295. The lowest BCUT2D eigenvalue weighted by Gasteiger charge is -2.26. The minimum atomic E-state index is -3.94. The number of rotatable bonds is 5. The third-order valence-electron chi connectivity index (χ3n) is 4.70. The Morgan fingerprint density at radius 1 is 1.29 bits per heavy atom. The molecule has 1 atom stereocenters. The molecular weight excluding hydrogens is 384 g/mol. The van der Waals surface area contributed by atoms with Crippen LogP contribution in [0.2, 0.25) is 0 Å². The van der Waals surface area contributed by atoms with Gasteiger partial charge in [0.2, 0.25) is 10.0 Å². The third-order valence-corrected chi connectivity index (χ3v) is 5.75. The molecule has 2 amide bonds. The topological polar surface area (TPSA) is 102 Å². The predicted octanol–water partition coefficient (Wildman–Crippen LogP) is 1.52. The highest BCUT2D eigenvalue weighted by atomic mass is 32.2. The average molecular weight is 406 g/mol. The lowest BCUT2D eigenvalue weighted by atomic mass is 10.1. The highest BCUT2D eigenvalue weighted by Gasteiger charge is 2.39. The highest BCUT2D eigenvalue weighted by Crippen LogP contribution is 2.30. The Labute approximate surface area is 163 Å². The lowest BCUT2D eigenvalue weighted by Crippen LogP contribution is -2.44. The van der Waals surface area contributed by atoms with Gasteiger partial charge in [-0.2, -0.15) is 5.10 Å². The van der Waals surface area contributed by atoms with Gasteiger partial charge in [0, 0.05) is 7.05 Å². The van der Waals surface area contributed by atoms with Crippen LogP contribution in [-0.2, 0) is 26.6 Å². The molecule has 1 saturated heterocycles. The van der Waals surface area contributed by atoms with Gasteiger partial charge in [-0.3, -0.25) is 14.4 Å². The summed E-state index contributed by atoms with van der Waals surface area (Å²) >= 11 is 0. The highest BCUT2D eigenvalue weighted by molar-refractivity contribution is 7.92. The van der Waals surface area contributed by atoms with Gasteiger partial charge in [0.25, 0.3) is 5.91 Å². The van der Waals surface area contributed by atoms with Gasteiger partial charge >= 0.3 is 6.09 Å². The van der Waals surface area contributed by atoms with Gasteiger partial charge in [-0.15, -0.1) is 0 Å². The number of cyclic esters (lactones) is 1. The minimum absolute atomic E-state index is 0.0972. The number of carbonyl (C=O) groups excluding carboxylic acids is 2. The van der Waals surface area contributed by atoms with Crippen molar-refractivity contribution in [3.8, 4) is 0 Å². The van der Waals surface area contributed by atoms with E-state index in [0.29, 0.717) is 11.4 Å². The minimum Gasteiger partial charge on any atom is -0.447 e. The second-order valence-electron chi connectivity index (χ2n) is 6.70. The Bertz CT molecular complexity index is 1020. The van der Waals surface area contributed by atoms with Gasteiger partial charge in [0.1, 0.15) is 18.8 Å². The van der Waals surface area contributed by atoms with E-state index < -0.39 is 34.6 Å². The first-order chi connectivity index (χ1) is 13.1. The SMILES string of the molecule is Cc1nn(C)c(C)c1N(C(=O)CN1C(=O)OC[C@@H]1c1ccccc1)S(C)(=O)=O. The van der Waals surface area contributed by atoms with E-state index >= 15 is 0 Å². The Kier molecular flexibility index (Phi) is 5.16. The third kappa shape index (κ3) is 3.59. The standard InChI is InChI=1S/C18H22N4O5S/c1-12-17(13(2)20(3)19-12)22(28(4,25)26)16(23)10-21-15(11-27-18(21)24)14-8-6-5-7-9-14/h5-9,15H,10-11H2,1-4H3/t15-/m1/s1. The van der Waals surface area contributed by atoms with Crippen molar-refractivity contribution in [3.63, 3.8) is 0 Å². The smallest absolute Gasteiger partial charge is 0.410 e. The Morgan fingerprint density at radius 2 is 1.93 bits per heavy atom. The molecule has 9 nitrogen and oxygen atoms in total. The van der Waals surface area contributed by atoms with E-state index in [1.165, 1.54) is 9.58 Å². The molecular formula is C18H22N4O5S. The molecule has 1 aromatic heterocycles. The summed E-state index contributed by atoms with van der Waals surface area (Å²) in [6.45, 7) is 2.97. The number of amides is 2. The molecule has 2 aromatic rings. The summed E-state index contributed by atoms with van der Waals surface area (Å²) in [4.78, 5) is 26.5. The Hall–Kier alpha value is -2.88. The van der Waals surface area contributed by atoms with Gasteiger partial charge in [0.15, 0.2) is 0 Å². The molecule has 28 heavy (non-hydrogen) atoms. The first-order valence-electron chi connectivity index (χ1n) is 8.63. The molecule has 0 spiro atoms. The molecule has 0 unspecified atom stereocenters. The van der Waals surface area contributed by atoms with E-state index in [-0.39, 0.29) is 12.3 Å². The maximum atomic E-state index is 13.0. The number of aromatic nitrogens is 2. The van der Waals surface area contributed by atoms with E-state index in [1.807, 2.05) is 30.3 Å². The Balaban J connectivity index is 1.95. The summed E-state index contributed by atoms with van der Waals surface area (Å²) in [5, 5.41) is 4.19. The molecule has 150 valence electrons. The molecule has 1 aliphatic rings. The fourth-order valence-electron chi connectivity index (χ4n) is 3.32. The molecule has 1 fully saturated rings. The number of hydrogen-bond donors (Lipinski definition) is 0. The summed E-state index contributed by atoms with van der Waals surface area (Å²) < 4.78 is 32.2. The number of sulfonamides is 1. The van der Waals surface area contributed by atoms with Crippen LogP contribution in [-0.4, -0.2) is 54.5 Å². The van der Waals surface area contributed by atoms with Crippen molar-refractivity contribution in [1.82, 2.24) is 14.7 Å². The number of carbonyl (C=O) groups is 2. The second kappa shape index (κ2) is 7.27. The molecule has 0 aliphatic carbocycles. The van der Waals surface area contributed by atoms with Crippen molar-refractivity contribution in [3.05, 3.63) is 47.3 Å². The monoisotopic (exact) mass is 406 g/mol. The first kappa shape index (κ1) is 19.9. The average Bonchev–Trinajstić information content (AvgIpc) is 3.09. The molecule has 10 heteroatoms. The van der Waals surface area contributed by atoms with Crippen LogP contribution in [0.25, 0.3) is 0 Å². The van der Waals surface area contributed by atoms with E-state index in [0.717, 1.165) is 16.1 Å². The molecule has 1 aliphatic heterocycles. The molecule has 0 N–H and O–H groups in total. The fourth-order valence-corrected chi connectivity index (χ4v) is 4.34. The van der Waals surface area contributed by atoms with Gasteiger partial charge in [-0.1, -0.05) is 30.3 Å². The van der Waals surface area contributed by atoms with Crippen LogP contribution in [0, 0.1) is 13.8 Å². The van der Waals surface area contributed by atoms with Crippen molar-refractivity contribution < 1.29 is 22.7 Å². The zero-order valence-electron chi connectivity index (χ0n) is 16.1. The van der Waals surface area contributed by atoms with Crippen LogP contribution in [0.1, 0.15) is 23.0 Å². The largest absolute Gasteiger partial charge is 0.447 e. The van der Waals surface area contributed by atoms with Crippen molar-refractivity contribution in [2.24, 2.45) is 7.05 Å². The van der Waals surface area contributed by atoms with Crippen LogP contribution < -0.4 is 4.31 Å². The van der Waals surface area contributed by atoms with Crippen LogP contribution in [0.15, 0.2) is 30.3 Å². The van der Waals surface area contributed by atoms with E-state index in [1.54, 1.807) is 20.9 Å². The quantitative estimate of drug-likeness (QED) is 0.746. The summed E-state index contributed by atoms with van der Waals surface area (Å²) in [5.41, 5.74) is 1.95. The zero-order chi connectivity index (χ0) is 20.6. The van der Waals surface area contributed by atoms with Crippen LogP contribution >= 0.6 is 0 Å². The maximum absolute atomic E-state index is 13.0. The number of anilines is 1. The second-order valence-corrected chi connectivity index (χ2v) is 8.53. The van der Waals surface area contributed by atoms with E-state index in [9.17, 15) is 18.0 Å². The van der Waals surface area contributed by atoms with E-state index in [2.05, 4.69) is 5.10 Å². The van der Waals surface area contributed by atoms with Gasteiger partial charge in [-0.25, -0.2) is 17.5 Å². The van der Waals surface area contributed by atoms with Crippen LogP contribution in [0.4, 0.5) is 10.5 Å². The van der Waals surface area contributed by atoms with Gasteiger partial charge in [-0.05, 0) is 19.4 Å². The lowest BCUT2D eigenvalue weighted by molar-refractivity contribution is -0.118. The molecule has 0 bridgehead atoms. The summed E-state index contributed by atoms with van der Waals surface area (Å²) in [7, 11) is -2.27.